The van der Waals surface area contributed by atoms with Crippen molar-refractivity contribution in [3.63, 3.8) is 0 Å². The number of ether oxygens (including phenoxy) is 1. The van der Waals surface area contributed by atoms with E-state index in [-0.39, 0.29) is 5.78 Å². The van der Waals surface area contributed by atoms with E-state index >= 15 is 0 Å². The number of nitrogens with zero attached hydrogens (tertiary/aromatic N) is 2. The molecule has 0 radical (unpaired) electrons. The van der Waals surface area contributed by atoms with E-state index in [1.807, 2.05) is 30.3 Å². The number of carbonyl (C=O) groups is 1. The molecule has 0 N–H and O–H groups in total. The first kappa shape index (κ1) is 12.7. The highest BCUT2D eigenvalue weighted by Gasteiger charge is 2.16. The maximum absolute atomic E-state index is 11.3. The molecule has 20 heavy (non-hydrogen) atoms. The molecule has 102 valence electrons. The first-order valence-electron chi connectivity index (χ1n) is 6.67. The predicted octanol–water partition coefficient (Wildman–Crippen LogP) is 2.68. The van der Waals surface area contributed by atoms with Crippen LogP contribution in [0.15, 0.2) is 42.6 Å². The van der Waals surface area contributed by atoms with Gasteiger partial charge in [-0.25, -0.2) is 4.98 Å². The summed E-state index contributed by atoms with van der Waals surface area (Å²) < 4.78 is 5.74. The summed E-state index contributed by atoms with van der Waals surface area (Å²) in [5.41, 5.74) is 1.79. The zero-order valence-electron chi connectivity index (χ0n) is 11.4. The largest absolute Gasteiger partial charge is 0.491 e. The Labute approximate surface area is 118 Å². The number of hydrogen-bond acceptors (Lipinski definition) is 4. The Kier molecular flexibility index (Phi) is 3.37. The van der Waals surface area contributed by atoms with Crippen LogP contribution in [0.4, 0.5) is 5.82 Å². The van der Waals surface area contributed by atoms with Crippen LogP contribution in [0.3, 0.4) is 0 Å². The molecule has 0 bridgehead atoms. The zero-order chi connectivity index (χ0) is 13.9. The Morgan fingerprint density at radius 3 is 2.85 bits per heavy atom. The molecule has 3 rings (SSSR count). The van der Waals surface area contributed by atoms with E-state index in [9.17, 15) is 4.79 Å². The topological polar surface area (TPSA) is 42.4 Å². The SMILES string of the molecule is CC(=O)c1ccc(N2CCOc3ccccc3C2)nc1. The van der Waals surface area contributed by atoms with Gasteiger partial charge in [0.15, 0.2) is 5.78 Å². The number of hydrogen-bond donors (Lipinski definition) is 0. The van der Waals surface area contributed by atoms with Gasteiger partial charge in [0.2, 0.25) is 0 Å². The van der Waals surface area contributed by atoms with Crippen LogP contribution in [0.5, 0.6) is 5.75 Å². The summed E-state index contributed by atoms with van der Waals surface area (Å²) in [5.74, 6) is 1.85. The number of Topliss-reactive ketones (excluding diaryl/α,β-unsaturated/α-hetero) is 1. The molecule has 1 aliphatic heterocycles. The Morgan fingerprint density at radius 1 is 1.25 bits per heavy atom. The second-order valence-electron chi connectivity index (χ2n) is 4.84. The van der Waals surface area contributed by atoms with E-state index in [1.54, 1.807) is 13.1 Å². The summed E-state index contributed by atoms with van der Waals surface area (Å²) in [6.45, 7) is 3.73. The molecule has 1 aromatic heterocycles. The summed E-state index contributed by atoms with van der Waals surface area (Å²) in [7, 11) is 0. The molecule has 2 aromatic rings. The van der Waals surface area contributed by atoms with Gasteiger partial charge in [0.05, 0.1) is 6.54 Å². The summed E-state index contributed by atoms with van der Waals surface area (Å²) in [5, 5.41) is 0. The van der Waals surface area contributed by atoms with Crippen molar-refractivity contribution in [2.45, 2.75) is 13.5 Å². The van der Waals surface area contributed by atoms with Crippen molar-refractivity contribution in [3.8, 4) is 5.75 Å². The van der Waals surface area contributed by atoms with Crippen molar-refractivity contribution in [1.29, 1.82) is 0 Å². The molecule has 0 saturated heterocycles. The first-order chi connectivity index (χ1) is 9.74. The highest BCUT2D eigenvalue weighted by atomic mass is 16.5. The van der Waals surface area contributed by atoms with Crippen LogP contribution < -0.4 is 9.64 Å². The van der Waals surface area contributed by atoms with Gasteiger partial charge < -0.3 is 9.64 Å². The average Bonchev–Trinajstić information content (AvgIpc) is 2.69. The van der Waals surface area contributed by atoms with Gasteiger partial charge in [-0.05, 0) is 25.1 Å². The first-order valence-corrected chi connectivity index (χ1v) is 6.67. The molecule has 0 spiro atoms. The number of fused-ring (bicyclic) bond motifs is 1. The predicted molar refractivity (Wildman–Crippen MR) is 77.2 cm³/mol. The molecule has 1 aliphatic rings. The minimum Gasteiger partial charge on any atom is -0.491 e. The lowest BCUT2D eigenvalue weighted by Gasteiger charge is -2.20. The van der Waals surface area contributed by atoms with Crippen molar-refractivity contribution in [3.05, 3.63) is 53.7 Å². The van der Waals surface area contributed by atoms with Gasteiger partial charge in [0.1, 0.15) is 18.2 Å². The van der Waals surface area contributed by atoms with E-state index in [1.165, 1.54) is 0 Å². The molecular formula is C16H16N2O2. The maximum Gasteiger partial charge on any atom is 0.161 e. The maximum atomic E-state index is 11.3. The van der Waals surface area contributed by atoms with Gasteiger partial charge in [-0.1, -0.05) is 18.2 Å². The summed E-state index contributed by atoms with van der Waals surface area (Å²) in [6.07, 6.45) is 1.63. The van der Waals surface area contributed by atoms with E-state index in [0.29, 0.717) is 12.2 Å². The van der Waals surface area contributed by atoms with Crippen LogP contribution in [0.1, 0.15) is 22.8 Å². The summed E-state index contributed by atoms with van der Waals surface area (Å²) >= 11 is 0. The number of pyridine rings is 1. The highest BCUT2D eigenvalue weighted by Crippen LogP contribution is 2.25. The Morgan fingerprint density at radius 2 is 2.10 bits per heavy atom. The second-order valence-corrected chi connectivity index (χ2v) is 4.84. The quantitative estimate of drug-likeness (QED) is 0.785. The van der Waals surface area contributed by atoms with Gasteiger partial charge in [0, 0.05) is 23.9 Å². The monoisotopic (exact) mass is 268 g/mol. The minimum atomic E-state index is 0.0357. The molecule has 0 saturated carbocycles. The third-order valence-corrected chi connectivity index (χ3v) is 3.43. The van der Waals surface area contributed by atoms with E-state index in [4.69, 9.17) is 4.74 Å². The van der Waals surface area contributed by atoms with E-state index < -0.39 is 0 Å². The summed E-state index contributed by atoms with van der Waals surface area (Å²) in [4.78, 5) is 17.8. The van der Waals surface area contributed by atoms with Crippen LogP contribution in [-0.4, -0.2) is 23.9 Å². The lowest BCUT2D eigenvalue weighted by molar-refractivity contribution is 0.101. The number of anilines is 1. The molecule has 4 nitrogen and oxygen atoms in total. The molecule has 2 heterocycles. The normalized spacial score (nSPS) is 14.2. The third kappa shape index (κ3) is 2.50. The number of benzene rings is 1. The Balaban J connectivity index is 1.85. The lowest BCUT2D eigenvalue weighted by Crippen LogP contribution is -2.26. The fourth-order valence-corrected chi connectivity index (χ4v) is 2.30. The molecule has 0 aliphatic carbocycles. The van der Waals surface area contributed by atoms with Gasteiger partial charge in [-0.15, -0.1) is 0 Å². The Bertz CT molecular complexity index is 623. The smallest absolute Gasteiger partial charge is 0.161 e. The third-order valence-electron chi connectivity index (χ3n) is 3.43. The molecule has 1 aromatic carbocycles. The van der Waals surface area contributed by atoms with Crippen molar-refractivity contribution < 1.29 is 9.53 Å². The molecule has 0 amide bonds. The van der Waals surface area contributed by atoms with Gasteiger partial charge >= 0.3 is 0 Å². The van der Waals surface area contributed by atoms with Gasteiger partial charge in [0.25, 0.3) is 0 Å². The van der Waals surface area contributed by atoms with Crippen LogP contribution >= 0.6 is 0 Å². The number of rotatable bonds is 2. The minimum absolute atomic E-state index is 0.0357. The van der Waals surface area contributed by atoms with E-state index in [2.05, 4.69) is 16.0 Å². The van der Waals surface area contributed by atoms with Gasteiger partial charge in [-0.3, -0.25) is 4.79 Å². The lowest BCUT2D eigenvalue weighted by atomic mass is 10.2. The number of aromatic nitrogens is 1. The van der Waals surface area contributed by atoms with E-state index in [0.717, 1.165) is 30.2 Å². The summed E-state index contributed by atoms with van der Waals surface area (Å²) in [6, 6.07) is 11.8. The van der Waals surface area contributed by atoms with Crippen LogP contribution in [0, 0.1) is 0 Å². The molecular weight excluding hydrogens is 252 g/mol. The van der Waals surface area contributed by atoms with Crippen LogP contribution in [0.25, 0.3) is 0 Å². The molecule has 0 atom stereocenters. The number of carbonyl (C=O) groups excluding carboxylic acids is 1. The standard InChI is InChI=1S/C16H16N2O2/c1-12(19)13-6-7-16(17-10-13)18-8-9-20-15-5-3-2-4-14(15)11-18/h2-7,10H,8-9,11H2,1H3. The van der Waals surface area contributed by atoms with Crippen LogP contribution in [0.2, 0.25) is 0 Å². The fourth-order valence-electron chi connectivity index (χ4n) is 2.30. The highest BCUT2D eigenvalue weighted by molar-refractivity contribution is 5.93. The molecule has 0 unspecified atom stereocenters. The second kappa shape index (κ2) is 5.33. The fraction of sp³-hybridized carbons (Fsp3) is 0.250. The van der Waals surface area contributed by atoms with Gasteiger partial charge in [-0.2, -0.15) is 0 Å². The number of para-hydroxylation sites is 1. The Hall–Kier alpha value is -2.36. The van der Waals surface area contributed by atoms with Crippen molar-refractivity contribution in [2.75, 3.05) is 18.1 Å². The van der Waals surface area contributed by atoms with Crippen molar-refractivity contribution in [1.82, 2.24) is 4.98 Å². The average molecular weight is 268 g/mol. The molecule has 4 heteroatoms. The zero-order valence-corrected chi connectivity index (χ0v) is 11.4. The van der Waals surface area contributed by atoms with Crippen LogP contribution in [-0.2, 0) is 6.54 Å². The van der Waals surface area contributed by atoms with Crippen molar-refractivity contribution >= 4 is 11.6 Å². The van der Waals surface area contributed by atoms with Crippen molar-refractivity contribution in [2.24, 2.45) is 0 Å². The molecule has 0 fully saturated rings. The number of ketones is 1.